The fourth-order valence-electron chi connectivity index (χ4n) is 3.80. The third kappa shape index (κ3) is 2.80. The average molecular weight is 293 g/mol. The van der Waals surface area contributed by atoms with Crippen molar-refractivity contribution in [3.63, 3.8) is 0 Å². The Morgan fingerprint density at radius 2 is 1.80 bits per heavy atom. The van der Waals surface area contributed by atoms with Crippen molar-refractivity contribution in [3.05, 3.63) is 15.6 Å². The molecule has 20 heavy (non-hydrogen) atoms. The fraction of sp³-hybridized carbons (Fsp3) is 0.824. The van der Waals surface area contributed by atoms with Crippen molar-refractivity contribution in [2.75, 3.05) is 0 Å². The molecule has 1 heterocycles. The lowest BCUT2D eigenvalue weighted by atomic mass is 9.70. The van der Waals surface area contributed by atoms with Crippen LogP contribution in [-0.4, -0.2) is 10.1 Å². The molecule has 1 saturated carbocycles. The molecule has 0 bridgehead atoms. The van der Waals surface area contributed by atoms with Crippen molar-refractivity contribution < 1.29 is 5.11 Å². The molecule has 1 aromatic heterocycles. The van der Waals surface area contributed by atoms with E-state index in [9.17, 15) is 5.11 Å². The van der Waals surface area contributed by atoms with Gasteiger partial charge in [-0.15, -0.1) is 11.3 Å². The summed E-state index contributed by atoms with van der Waals surface area (Å²) in [5.74, 6) is 1.51. The summed E-state index contributed by atoms with van der Waals surface area (Å²) in [5, 5.41) is 11.4. The van der Waals surface area contributed by atoms with Crippen molar-refractivity contribution >= 4 is 11.3 Å². The van der Waals surface area contributed by atoms with Gasteiger partial charge in [0.2, 0.25) is 0 Å². The number of fused-ring (bicyclic) bond motifs is 1. The third-order valence-corrected chi connectivity index (χ3v) is 6.54. The van der Waals surface area contributed by atoms with Gasteiger partial charge in [-0.1, -0.05) is 20.8 Å². The molecule has 0 radical (unpaired) electrons. The molecule has 2 aliphatic rings. The van der Waals surface area contributed by atoms with Gasteiger partial charge >= 0.3 is 0 Å². The van der Waals surface area contributed by atoms with Crippen LogP contribution in [0.25, 0.3) is 0 Å². The summed E-state index contributed by atoms with van der Waals surface area (Å²) in [5.41, 5.74) is 1.46. The van der Waals surface area contributed by atoms with E-state index in [0.29, 0.717) is 11.3 Å². The van der Waals surface area contributed by atoms with E-state index in [1.807, 2.05) is 11.3 Å². The van der Waals surface area contributed by atoms with Gasteiger partial charge in [-0.2, -0.15) is 0 Å². The first-order valence-corrected chi connectivity index (χ1v) is 8.94. The smallest absolute Gasteiger partial charge is 0.0971 e. The topological polar surface area (TPSA) is 33.1 Å². The molecule has 0 spiro atoms. The van der Waals surface area contributed by atoms with Crippen LogP contribution in [-0.2, 0) is 6.42 Å². The number of aromatic nitrogens is 1. The van der Waals surface area contributed by atoms with E-state index in [4.69, 9.17) is 4.98 Å². The highest BCUT2D eigenvalue weighted by molar-refractivity contribution is 7.11. The van der Waals surface area contributed by atoms with Crippen molar-refractivity contribution in [2.24, 2.45) is 11.3 Å². The molecule has 2 aliphatic carbocycles. The second-order valence-corrected chi connectivity index (χ2v) is 8.80. The highest BCUT2D eigenvalue weighted by Gasteiger charge is 2.32. The van der Waals surface area contributed by atoms with Crippen LogP contribution >= 0.6 is 11.3 Å². The van der Waals surface area contributed by atoms with E-state index in [1.54, 1.807) is 0 Å². The number of thiazole rings is 1. The van der Waals surface area contributed by atoms with Gasteiger partial charge in [-0.25, -0.2) is 4.98 Å². The molecule has 1 atom stereocenters. The molecule has 3 heteroatoms. The highest BCUT2D eigenvalue weighted by Crippen LogP contribution is 2.45. The van der Waals surface area contributed by atoms with Crippen LogP contribution in [0, 0.1) is 11.3 Å². The van der Waals surface area contributed by atoms with Crippen LogP contribution in [0.5, 0.6) is 0 Å². The molecule has 0 amide bonds. The minimum atomic E-state index is -0.297. The number of nitrogens with zero attached hydrogens (tertiary/aromatic N) is 1. The zero-order chi connectivity index (χ0) is 14.3. The lowest BCUT2D eigenvalue weighted by Gasteiger charge is -2.36. The van der Waals surface area contributed by atoms with Crippen molar-refractivity contribution in [2.45, 2.75) is 77.7 Å². The molecule has 2 nitrogen and oxygen atoms in total. The van der Waals surface area contributed by atoms with E-state index in [2.05, 4.69) is 20.8 Å². The zero-order valence-electron chi connectivity index (χ0n) is 13.0. The van der Waals surface area contributed by atoms with E-state index in [-0.39, 0.29) is 6.10 Å². The summed E-state index contributed by atoms with van der Waals surface area (Å²) >= 11 is 1.88. The predicted molar refractivity (Wildman–Crippen MR) is 84.2 cm³/mol. The van der Waals surface area contributed by atoms with Gasteiger partial charge in [-0.05, 0) is 56.3 Å². The van der Waals surface area contributed by atoms with Gasteiger partial charge < -0.3 is 5.11 Å². The number of aliphatic hydroxyl groups excluding tert-OH is 1. The molecule has 1 unspecified atom stereocenters. The second-order valence-electron chi connectivity index (χ2n) is 7.68. The van der Waals surface area contributed by atoms with E-state index in [0.717, 1.165) is 30.9 Å². The Balaban J connectivity index is 1.70. The van der Waals surface area contributed by atoms with Crippen LogP contribution in [0.3, 0.4) is 0 Å². The first kappa shape index (κ1) is 14.5. The van der Waals surface area contributed by atoms with Gasteiger partial charge in [0, 0.05) is 10.8 Å². The molecule has 0 aromatic carbocycles. The third-order valence-electron chi connectivity index (χ3n) is 5.24. The lowest BCUT2D eigenvalue weighted by Crippen LogP contribution is -2.25. The van der Waals surface area contributed by atoms with Gasteiger partial charge in [0.1, 0.15) is 0 Å². The first-order chi connectivity index (χ1) is 9.45. The van der Waals surface area contributed by atoms with Crippen LogP contribution in [0.4, 0.5) is 0 Å². The Hall–Kier alpha value is -0.410. The number of hydrogen-bond acceptors (Lipinski definition) is 3. The van der Waals surface area contributed by atoms with E-state index in [1.165, 1.54) is 35.6 Å². The van der Waals surface area contributed by atoms with Crippen LogP contribution < -0.4 is 0 Å². The summed E-state index contributed by atoms with van der Waals surface area (Å²) in [6, 6.07) is 0. The van der Waals surface area contributed by atoms with Gasteiger partial charge in [-0.3, -0.25) is 0 Å². The second kappa shape index (κ2) is 5.42. The summed E-state index contributed by atoms with van der Waals surface area (Å²) in [7, 11) is 0. The van der Waals surface area contributed by atoms with Crippen molar-refractivity contribution in [1.29, 1.82) is 0 Å². The maximum atomic E-state index is 10.1. The Morgan fingerprint density at radius 1 is 1.10 bits per heavy atom. The van der Waals surface area contributed by atoms with Crippen LogP contribution in [0.15, 0.2) is 0 Å². The van der Waals surface area contributed by atoms with Crippen molar-refractivity contribution in [3.8, 4) is 0 Å². The summed E-state index contributed by atoms with van der Waals surface area (Å²) < 4.78 is 0. The molecule has 3 rings (SSSR count). The minimum Gasteiger partial charge on any atom is -0.387 e. The number of aryl methyl sites for hydroxylation is 1. The Morgan fingerprint density at radius 3 is 2.40 bits per heavy atom. The first-order valence-electron chi connectivity index (χ1n) is 8.12. The summed E-state index contributed by atoms with van der Waals surface area (Å²) in [4.78, 5) is 6.17. The molecule has 1 fully saturated rings. The number of aliphatic hydroxyl groups is 1. The Kier molecular flexibility index (Phi) is 3.93. The standard InChI is InChI=1S/C17H27NOS/c1-17(2,3)12-9-7-11(8-10-12)16-18-15-13(19)5-4-6-14(15)20-16/h11-13,19H,4-10H2,1-3H3. The summed E-state index contributed by atoms with van der Waals surface area (Å²) in [6.07, 6.45) is 8.08. The maximum Gasteiger partial charge on any atom is 0.0971 e. The maximum absolute atomic E-state index is 10.1. The molecule has 112 valence electrons. The van der Waals surface area contributed by atoms with E-state index >= 15 is 0 Å². The molecule has 1 N–H and O–H groups in total. The van der Waals surface area contributed by atoms with Gasteiger partial charge in [0.25, 0.3) is 0 Å². The van der Waals surface area contributed by atoms with Crippen molar-refractivity contribution in [1.82, 2.24) is 4.98 Å². The SMILES string of the molecule is CC(C)(C)C1CCC(c2nc3c(s2)CCCC3O)CC1. The zero-order valence-corrected chi connectivity index (χ0v) is 13.8. The fourth-order valence-corrected chi connectivity index (χ4v) is 5.13. The summed E-state index contributed by atoms with van der Waals surface area (Å²) in [6.45, 7) is 7.11. The highest BCUT2D eigenvalue weighted by atomic mass is 32.1. The molecular formula is C17H27NOS. The van der Waals surface area contributed by atoms with Gasteiger partial charge in [0.15, 0.2) is 0 Å². The average Bonchev–Trinajstić information content (AvgIpc) is 2.83. The molecule has 1 aromatic rings. The van der Waals surface area contributed by atoms with Crippen LogP contribution in [0.2, 0.25) is 0 Å². The van der Waals surface area contributed by atoms with Gasteiger partial charge in [0.05, 0.1) is 16.8 Å². The quantitative estimate of drug-likeness (QED) is 0.804. The van der Waals surface area contributed by atoms with E-state index < -0.39 is 0 Å². The molecule has 0 aliphatic heterocycles. The monoisotopic (exact) mass is 293 g/mol. The lowest BCUT2D eigenvalue weighted by molar-refractivity contribution is 0.152. The Labute approximate surface area is 126 Å². The predicted octanol–water partition coefficient (Wildman–Crippen LogP) is 4.83. The molecule has 0 saturated heterocycles. The van der Waals surface area contributed by atoms with Crippen LogP contribution in [0.1, 0.15) is 86.9 Å². The molecular weight excluding hydrogens is 266 g/mol. The number of rotatable bonds is 1. The minimum absolute atomic E-state index is 0.297. The normalized spacial score (nSPS) is 31.1. The number of hydrogen-bond donors (Lipinski definition) is 1. The Bertz CT molecular complexity index is 466. The largest absolute Gasteiger partial charge is 0.387 e.